The van der Waals surface area contributed by atoms with E-state index in [0.717, 1.165) is 6.42 Å². The molecule has 0 heterocycles. The summed E-state index contributed by atoms with van der Waals surface area (Å²) in [5, 5.41) is 8.60. The van der Waals surface area contributed by atoms with Gasteiger partial charge in [-0.3, -0.25) is 4.79 Å². The Morgan fingerprint density at radius 3 is 2.55 bits per heavy atom. The number of carboxylic acids is 1. The van der Waals surface area contributed by atoms with E-state index in [1.54, 1.807) is 6.92 Å². The second-order valence-electron chi connectivity index (χ2n) is 2.85. The summed E-state index contributed by atoms with van der Waals surface area (Å²) < 4.78 is 0. The third-order valence-electron chi connectivity index (χ3n) is 1.99. The summed E-state index contributed by atoms with van der Waals surface area (Å²) in [6, 6.07) is 0. The summed E-state index contributed by atoms with van der Waals surface area (Å²) in [6.45, 7) is 3.62. The van der Waals surface area contributed by atoms with Crippen molar-refractivity contribution in [3.05, 3.63) is 0 Å². The summed E-state index contributed by atoms with van der Waals surface area (Å²) in [4.78, 5) is 10.5. The van der Waals surface area contributed by atoms with Crippen molar-refractivity contribution < 1.29 is 9.90 Å². The van der Waals surface area contributed by atoms with Crippen LogP contribution in [0.1, 0.15) is 26.7 Å². The molecule has 0 saturated heterocycles. The third kappa shape index (κ3) is 3.67. The normalized spacial score (nSPS) is 15.0. The van der Waals surface area contributed by atoms with Gasteiger partial charge in [0.05, 0.1) is 5.92 Å². The van der Waals surface area contributed by atoms with E-state index in [9.17, 15) is 4.79 Å². The number of rotatable bonds is 4. The Kier molecular flexibility index (Phi) is 4.36. The van der Waals surface area contributed by atoms with E-state index in [2.05, 4.69) is 5.92 Å². The van der Waals surface area contributed by atoms with E-state index in [1.807, 2.05) is 6.92 Å². The number of hydrogen-bond donors (Lipinski definition) is 1. The molecule has 0 aromatic carbocycles. The van der Waals surface area contributed by atoms with Gasteiger partial charge in [0.1, 0.15) is 0 Å². The lowest BCUT2D eigenvalue weighted by molar-refractivity contribution is -0.142. The van der Waals surface area contributed by atoms with Gasteiger partial charge in [-0.25, -0.2) is 0 Å². The molecule has 0 bridgehead atoms. The summed E-state index contributed by atoms with van der Waals surface area (Å²) in [6.07, 6.45) is 6.52. The second-order valence-corrected chi connectivity index (χ2v) is 2.85. The molecule has 2 heteroatoms. The van der Waals surface area contributed by atoms with Crippen LogP contribution in [0.25, 0.3) is 0 Å². The fourth-order valence-corrected chi connectivity index (χ4v) is 0.804. The fraction of sp³-hybridized carbons (Fsp3) is 0.667. The van der Waals surface area contributed by atoms with Crippen molar-refractivity contribution in [1.82, 2.24) is 0 Å². The molecule has 0 amide bonds. The molecule has 0 spiro atoms. The van der Waals surface area contributed by atoms with Crippen LogP contribution in [0.3, 0.4) is 0 Å². The van der Waals surface area contributed by atoms with Gasteiger partial charge in [0, 0.05) is 6.42 Å². The van der Waals surface area contributed by atoms with Crippen molar-refractivity contribution in [3.63, 3.8) is 0 Å². The first-order valence-electron chi connectivity index (χ1n) is 3.75. The number of carbonyl (C=O) groups is 1. The van der Waals surface area contributed by atoms with Crippen LogP contribution in [-0.4, -0.2) is 11.1 Å². The van der Waals surface area contributed by atoms with E-state index in [1.165, 1.54) is 0 Å². The first kappa shape index (κ1) is 10.0. The molecule has 0 aromatic rings. The van der Waals surface area contributed by atoms with Gasteiger partial charge in [0.15, 0.2) is 0 Å². The molecule has 0 fully saturated rings. The average Bonchev–Trinajstić information content (AvgIpc) is 1.98. The first-order chi connectivity index (χ1) is 5.09. The topological polar surface area (TPSA) is 37.3 Å². The SMILES string of the molecule is C#CCC[C@H](C)[C@H](C)C(=O)O. The number of hydrogen-bond acceptors (Lipinski definition) is 1. The molecule has 1 N–H and O–H groups in total. The van der Waals surface area contributed by atoms with Crippen molar-refractivity contribution in [2.75, 3.05) is 0 Å². The molecule has 0 radical (unpaired) electrons. The minimum absolute atomic E-state index is 0.170. The molecule has 2 nitrogen and oxygen atoms in total. The Labute approximate surface area is 67.6 Å². The molecule has 0 aliphatic carbocycles. The van der Waals surface area contributed by atoms with Crippen LogP contribution < -0.4 is 0 Å². The third-order valence-corrected chi connectivity index (χ3v) is 1.99. The summed E-state index contributed by atoms with van der Waals surface area (Å²) in [7, 11) is 0. The molecule has 0 aromatic heterocycles. The number of terminal acetylenes is 1. The average molecular weight is 154 g/mol. The monoisotopic (exact) mass is 154 g/mol. The molecule has 62 valence electrons. The number of aliphatic carboxylic acids is 1. The summed E-state index contributed by atoms with van der Waals surface area (Å²) >= 11 is 0. The molecule has 0 saturated carbocycles. The van der Waals surface area contributed by atoms with Gasteiger partial charge in [-0.2, -0.15) is 0 Å². The van der Waals surface area contributed by atoms with E-state index in [-0.39, 0.29) is 11.8 Å². The van der Waals surface area contributed by atoms with Crippen LogP contribution in [-0.2, 0) is 4.79 Å². The standard InChI is InChI=1S/C9H14O2/c1-4-5-6-7(2)8(3)9(10)11/h1,7-8H,5-6H2,2-3H3,(H,10,11)/t7-,8-/m0/s1. The zero-order chi connectivity index (χ0) is 8.85. The van der Waals surface area contributed by atoms with Crippen molar-refractivity contribution in [2.45, 2.75) is 26.7 Å². The maximum Gasteiger partial charge on any atom is 0.306 e. The van der Waals surface area contributed by atoms with Crippen molar-refractivity contribution in [1.29, 1.82) is 0 Å². The predicted molar refractivity (Wildman–Crippen MR) is 44.0 cm³/mol. The summed E-state index contributed by atoms with van der Waals surface area (Å²) in [5.41, 5.74) is 0. The minimum atomic E-state index is -0.741. The zero-order valence-corrected chi connectivity index (χ0v) is 7.00. The lowest BCUT2D eigenvalue weighted by Gasteiger charge is -2.13. The van der Waals surface area contributed by atoms with Gasteiger partial charge < -0.3 is 5.11 Å². The largest absolute Gasteiger partial charge is 0.481 e. The van der Waals surface area contributed by atoms with Gasteiger partial charge in [-0.1, -0.05) is 13.8 Å². The molecule has 0 unspecified atom stereocenters. The van der Waals surface area contributed by atoms with Gasteiger partial charge in [-0.15, -0.1) is 12.3 Å². The smallest absolute Gasteiger partial charge is 0.306 e. The van der Waals surface area contributed by atoms with Crippen LogP contribution in [0, 0.1) is 24.2 Å². The van der Waals surface area contributed by atoms with Crippen molar-refractivity contribution >= 4 is 5.97 Å². The van der Waals surface area contributed by atoms with Gasteiger partial charge in [-0.05, 0) is 12.3 Å². The highest BCUT2D eigenvalue weighted by Gasteiger charge is 2.17. The molecule has 0 rings (SSSR count). The number of carboxylic acid groups (broad SMARTS) is 1. The second kappa shape index (κ2) is 4.79. The van der Waals surface area contributed by atoms with Gasteiger partial charge >= 0.3 is 5.97 Å². The molecule has 0 aliphatic heterocycles. The van der Waals surface area contributed by atoms with Gasteiger partial charge in [0.2, 0.25) is 0 Å². The molecule has 11 heavy (non-hydrogen) atoms. The highest BCUT2D eigenvalue weighted by atomic mass is 16.4. The lowest BCUT2D eigenvalue weighted by Crippen LogP contribution is -2.17. The molecule has 2 atom stereocenters. The van der Waals surface area contributed by atoms with Crippen LogP contribution in [0.2, 0.25) is 0 Å². The van der Waals surface area contributed by atoms with Crippen LogP contribution in [0.4, 0.5) is 0 Å². The van der Waals surface area contributed by atoms with Gasteiger partial charge in [0.25, 0.3) is 0 Å². The molecule has 0 aliphatic rings. The van der Waals surface area contributed by atoms with Crippen LogP contribution in [0.15, 0.2) is 0 Å². The van der Waals surface area contributed by atoms with E-state index < -0.39 is 5.97 Å². The van der Waals surface area contributed by atoms with Crippen LogP contribution >= 0.6 is 0 Å². The Hall–Kier alpha value is -0.970. The quantitative estimate of drug-likeness (QED) is 0.626. The Balaban J connectivity index is 3.75. The van der Waals surface area contributed by atoms with Crippen molar-refractivity contribution in [2.24, 2.45) is 11.8 Å². The Morgan fingerprint density at radius 1 is 1.64 bits per heavy atom. The highest BCUT2D eigenvalue weighted by Crippen LogP contribution is 2.16. The fourth-order valence-electron chi connectivity index (χ4n) is 0.804. The molecular weight excluding hydrogens is 140 g/mol. The zero-order valence-electron chi connectivity index (χ0n) is 7.00. The van der Waals surface area contributed by atoms with E-state index in [0.29, 0.717) is 6.42 Å². The predicted octanol–water partition coefficient (Wildman–Crippen LogP) is 1.76. The van der Waals surface area contributed by atoms with E-state index in [4.69, 9.17) is 11.5 Å². The lowest BCUT2D eigenvalue weighted by atomic mass is 9.92. The molecular formula is C9H14O2. The maximum absolute atomic E-state index is 10.5. The summed E-state index contributed by atoms with van der Waals surface area (Å²) in [5.74, 6) is 1.64. The maximum atomic E-state index is 10.5. The van der Waals surface area contributed by atoms with Crippen molar-refractivity contribution in [3.8, 4) is 12.3 Å². The van der Waals surface area contributed by atoms with Crippen LogP contribution in [0.5, 0.6) is 0 Å². The van der Waals surface area contributed by atoms with E-state index >= 15 is 0 Å². The Bertz CT molecular complexity index is 167. The minimum Gasteiger partial charge on any atom is -0.481 e. The Morgan fingerprint density at radius 2 is 2.18 bits per heavy atom. The highest BCUT2D eigenvalue weighted by molar-refractivity contribution is 5.69. The first-order valence-corrected chi connectivity index (χ1v) is 3.75.